The van der Waals surface area contributed by atoms with Gasteiger partial charge in [0.25, 0.3) is 0 Å². The molecule has 0 N–H and O–H groups in total. The number of Topliss-reactive ketones (excluding diaryl/α,β-unsaturated/α-hetero) is 1. The smallest absolute Gasteiger partial charge is 0.302 e. The minimum atomic E-state index is -0.111. The summed E-state index contributed by atoms with van der Waals surface area (Å²) in [7, 11) is 0. The van der Waals surface area contributed by atoms with Crippen molar-refractivity contribution >= 4 is 11.8 Å². The van der Waals surface area contributed by atoms with E-state index in [9.17, 15) is 9.59 Å². The fourth-order valence-electron chi connectivity index (χ4n) is 11.6. The minimum Gasteiger partial charge on any atom is -0.462 e. The number of hydrogen-bond acceptors (Lipinski definition) is 3. The maximum atomic E-state index is 12.4. The Morgan fingerprint density at radius 3 is 2.14 bits per heavy atom. The van der Waals surface area contributed by atoms with Crippen molar-refractivity contribution in [1.82, 2.24) is 0 Å². The molecule has 2 spiro atoms. The topological polar surface area (TPSA) is 43.4 Å². The van der Waals surface area contributed by atoms with Gasteiger partial charge in [-0.15, -0.1) is 0 Å². The third kappa shape index (κ3) is 3.34. The summed E-state index contributed by atoms with van der Waals surface area (Å²) in [6, 6.07) is 0. The number of ketones is 1. The molecule has 35 heavy (non-hydrogen) atoms. The van der Waals surface area contributed by atoms with Gasteiger partial charge in [-0.2, -0.15) is 0 Å². The van der Waals surface area contributed by atoms with Gasteiger partial charge in [-0.1, -0.05) is 48.5 Å². The van der Waals surface area contributed by atoms with E-state index in [4.69, 9.17) is 4.74 Å². The molecular weight excluding hydrogens is 432 g/mol. The number of hydrogen-bond donors (Lipinski definition) is 0. The third-order valence-corrected chi connectivity index (χ3v) is 13.6. The summed E-state index contributed by atoms with van der Waals surface area (Å²) >= 11 is 0. The highest BCUT2D eigenvalue weighted by Gasteiger charge is 2.82. The highest BCUT2D eigenvalue weighted by molar-refractivity contribution is 5.80. The molecule has 0 aliphatic heterocycles. The molecule has 0 amide bonds. The molecule has 0 aromatic heterocycles. The second-order valence-corrected chi connectivity index (χ2v) is 15.2. The molecule has 5 fully saturated rings. The van der Waals surface area contributed by atoms with Crippen LogP contribution in [0, 0.1) is 56.7 Å². The number of esters is 1. The molecule has 0 aromatic rings. The number of fused-ring (bicyclic) bond motifs is 2. The van der Waals surface area contributed by atoms with E-state index in [1.165, 1.54) is 51.4 Å². The van der Waals surface area contributed by atoms with E-state index in [0.717, 1.165) is 31.1 Å². The summed E-state index contributed by atoms with van der Waals surface area (Å²) < 4.78 is 5.89. The second-order valence-electron chi connectivity index (χ2n) is 15.2. The summed E-state index contributed by atoms with van der Waals surface area (Å²) in [5.41, 5.74) is 1.94. The Kier molecular flexibility index (Phi) is 5.94. The molecule has 0 aromatic carbocycles. The lowest BCUT2D eigenvalue weighted by molar-refractivity contribution is -0.181. The molecule has 0 radical (unpaired) electrons. The Hall–Kier alpha value is -0.860. The predicted molar refractivity (Wildman–Crippen MR) is 141 cm³/mol. The average Bonchev–Trinajstić information content (AvgIpc) is 3.36. The van der Waals surface area contributed by atoms with Gasteiger partial charge >= 0.3 is 5.97 Å². The Labute approximate surface area is 214 Å². The zero-order valence-corrected chi connectivity index (χ0v) is 24.0. The van der Waals surface area contributed by atoms with Crippen LogP contribution < -0.4 is 0 Å². The van der Waals surface area contributed by atoms with E-state index in [1.807, 2.05) is 13.8 Å². The standard InChI is InChI=1S/C32H52O3/c1-20(2)24(34)10-9-21(3)23-13-15-30(8)26-12-11-25-28(5,6)27(35-22(4)33)14-16-31(25)19-32(26,31)18-17-29(23,30)7/h20-21,23,25-27H,9-19H2,1-8H3/t21-,23-,25+,26+,27+,29-,30+,31-,32-/m1/s1. The van der Waals surface area contributed by atoms with Crippen LogP contribution in [0.2, 0.25) is 0 Å². The van der Waals surface area contributed by atoms with E-state index < -0.39 is 0 Å². The number of rotatable bonds is 6. The summed E-state index contributed by atoms with van der Waals surface area (Å²) in [6.45, 7) is 18.3. The molecule has 0 bridgehead atoms. The maximum absolute atomic E-state index is 12.4. The average molecular weight is 485 g/mol. The van der Waals surface area contributed by atoms with Crippen molar-refractivity contribution in [1.29, 1.82) is 0 Å². The molecule has 5 aliphatic rings. The molecule has 198 valence electrons. The van der Waals surface area contributed by atoms with Crippen LogP contribution in [0.15, 0.2) is 0 Å². The molecule has 0 saturated heterocycles. The number of ether oxygens (including phenoxy) is 1. The monoisotopic (exact) mass is 484 g/mol. The van der Waals surface area contributed by atoms with Gasteiger partial charge in [-0.05, 0) is 110 Å². The van der Waals surface area contributed by atoms with Crippen molar-refractivity contribution in [3.8, 4) is 0 Å². The largest absolute Gasteiger partial charge is 0.462 e. The van der Waals surface area contributed by atoms with Crippen molar-refractivity contribution in [3.63, 3.8) is 0 Å². The Morgan fingerprint density at radius 2 is 1.49 bits per heavy atom. The van der Waals surface area contributed by atoms with Crippen molar-refractivity contribution < 1.29 is 14.3 Å². The van der Waals surface area contributed by atoms with E-state index in [1.54, 1.807) is 6.92 Å². The third-order valence-electron chi connectivity index (χ3n) is 13.6. The zero-order valence-electron chi connectivity index (χ0n) is 24.0. The van der Waals surface area contributed by atoms with Crippen molar-refractivity contribution in [3.05, 3.63) is 0 Å². The van der Waals surface area contributed by atoms with E-state index in [-0.39, 0.29) is 23.4 Å². The minimum absolute atomic E-state index is 0.0791. The first-order valence-corrected chi connectivity index (χ1v) is 15.0. The molecule has 3 nitrogen and oxygen atoms in total. The molecular formula is C32H52O3. The molecule has 0 heterocycles. The van der Waals surface area contributed by atoms with Crippen molar-refractivity contribution in [2.75, 3.05) is 0 Å². The normalized spacial score (nSPS) is 48.3. The van der Waals surface area contributed by atoms with Crippen LogP contribution in [0.25, 0.3) is 0 Å². The van der Waals surface area contributed by atoms with Gasteiger partial charge in [-0.3, -0.25) is 9.59 Å². The summed E-state index contributed by atoms with van der Waals surface area (Å²) in [6.07, 6.45) is 13.8. The van der Waals surface area contributed by atoms with Gasteiger partial charge < -0.3 is 4.74 Å². The Bertz CT molecular complexity index is 889. The van der Waals surface area contributed by atoms with Crippen LogP contribution in [0.5, 0.6) is 0 Å². The molecule has 5 saturated carbocycles. The van der Waals surface area contributed by atoms with Gasteiger partial charge in [-0.25, -0.2) is 0 Å². The highest BCUT2D eigenvalue weighted by Crippen LogP contribution is 2.89. The number of carbonyl (C=O) groups excluding carboxylic acids is 2. The molecule has 5 rings (SSSR count). The number of carbonyl (C=O) groups is 2. The van der Waals surface area contributed by atoms with Gasteiger partial charge in [0, 0.05) is 24.7 Å². The first-order chi connectivity index (χ1) is 16.3. The van der Waals surface area contributed by atoms with Crippen molar-refractivity contribution in [2.45, 2.75) is 132 Å². The quantitative estimate of drug-likeness (QED) is 0.359. The Balaban J connectivity index is 1.37. The summed E-state index contributed by atoms with van der Waals surface area (Å²) in [5, 5.41) is 0. The van der Waals surface area contributed by atoms with E-state index in [0.29, 0.717) is 39.3 Å². The Morgan fingerprint density at radius 1 is 0.829 bits per heavy atom. The fraction of sp³-hybridized carbons (Fsp3) is 0.938. The first-order valence-electron chi connectivity index (χ1n) is 15.0. The van der Waals surface area contributed by atoms with Gasteiger partial charge in [0.1, 0.15) is 11.9 Å². The first kappa shape index (κ1) is 25.8. The predicted octanol–water partition coefficient (Wildman–Crippen LogP) is 8.00. The molecule has 5 aliphatic carbocycles. The zero-order chi connectivity index (χ0) is 25.6. The van der Waals surface area contributed by atoms with Crippen LogP contribution in [-0.4, -0.2) is 17.9 Å². The fourth-order valence-corrected chi connectivity index (χ4v) is 11.6. The van der Waals surface area contributed by atoms with Gasteiger partial charge in [0.15, 0.2) is 0 Å². The molecule has 9 atom stereocenters. The molecule has 3 heteroatoms. The maximum Gasteiger partial charge on any atom is 0.302 e. The van der Waals surface area contributed by atoms with Crippen LogP contribution in [0.4, 0.5) is 0 Å². The van der Waals surface area contributed by atoms with Crippen molar-refractivity contribution in [2.24, 2.45) is 56.7 Å². The SMILES string of the molecule is CC(=O)O[C@H]1CC[C@]23C[C@@]24CC[C@]2(C)[C@@H]([C@H](C)CCC(=O)C(C)C)CC[C@@]2(C)[C@@H]4CC[C@H]3C1(C)C. The highest BCUT2D eigenvalue weighted by atomic mass is 16.5. The summed E-state index contributed by atoms with van der Waals surface area (Å²) in [5.74, 6) is 3.43. The van der Waals surface area contributed by atoms with Crippen LogP contribution in [0.1, 0.15) is 126 Å². The molecule has 0 unspecified atom stereocenters. The summed E-state index contributed by atoms with van der Waals surface area (Å²) in [4.78, 5) is 24.2. The van der Waals surface area contributed by atoms with Crippen LogP contribution in [-0.2, 0) is 14.3 Å². The van der Waals surface area contributed by atoms with E-state index in [2.05, 4.69) is 34.6 Å². The van der Waals surface area contributed by atoms with E-state index >= 15 is 0 Å². The lowest BCUT2D eigenvalue weighted by Gasteiger charge is -2.63. The van der Waals surface area contributed by atoms with Gasteiger partial charge in [0.05, 0.1) is 0 Å². The lowest BCUT2D eigenvalue weighted by atomic mass is 9.41. The second kappa shape index (κ2) is 8.07. The lowest BCUT2D eigenvalue weighted by Crippen LogP contribution is -2.58. The van der Waals surface area contributed by atoms with Crippen LogP contribution >= 0.6 is 0 Å². The van der Waals surface area contributed by atoms with Crippen LogP contribution in [0.3, 0.4) is 0 Å². The van der Waals surface area contributed by atoms with Gasteiger partial charge in [0.2, 0.25) is 0 Å².